The molecule has 1 heterocycles. The van der Waals surface area contributed by atoms with Crippen LogP contribution in [0.25, 0.3) is 0 Å². The van der Waals surface area contributed by atoms with Gasteiger partial charge in [-0.3, -0.25) is 4.99 Å². The quantitative estimate of drug-likeness (QED) is 0.460. The second kappa shape index (κ2) is 4.57. The first-order chi connectivity index (χ1) is 7.74. The number of hydrogen-bond acceptors (Lipinski definition) is 2. The van der Waals surface area contributed by atoms with E-state index in [1.807, 2.05) is 66.6 Å². The molecular weight excluding hydrogens is 198 g/mol. The van der Waals surface area contributed by atoms with E-state index in [0.29, 0.717) is 0 Å². The number of aromatic nitrogens is 1. The normalized spacial score (nSPS) is 10.8. The third kappa shape index (κ3) is 2.67. The predicted octanol–water partition coefficient (Wildman–Crippen LogP) is 1.84. The van der Waals surface area contributed by atoms with Gasteiger partial charge in [-0.05, 0) is 24.3 Å². The minimum absolute atomic E-state index is 0.755. The first-order valence-electron chi connectivity index (χ1n) is 5.09. The molecule has 0 amide bonds. The van der Waals surface area contributed by atoms with Gasteiger partial charge in [0.05, 0.1) is 5.69 Å². The van der Waals surface area contributed by atoms with Gasteiger partial charge in [-0.1, -0.05) is 0 Å². The molecule has 80 valence electrons. The van der Waals surface area contributed by atoms with E-state index in [4.69, 9.17) is 5.73 Å². The summed E-state index contributed by atoms with van der Waals surface area (Å²) < 4.78 is 1.99. The fourth-order valence-electron chi connectivity index (χ4n) is 1.31. The van der Waals surface area contributed by atoms with Crippen LogP contribution in [0.15, 0.2) is 53.8 Å². The van der Waals surface area contributed by atoms with Crippen LogP contribution >= 0.6 is 0 Å². The van der Waals surface area contributed by atoms with Crippen LogP contribution in [0.3, 0.4) is 0 Å². The molecule has 0 aliphatic carbocycles. The van der Waals surface area contributed by atoms with Gasteiger partial charge in [-0.25, -0.2) is 4.57 Å². The number of nitrogens with zero attached hydrogens (tertiary/aromatic N) is 2. The van der Waals surface area contributed by atoms with Gasteiger partial charge < -0.3 is 5.73 Å². The standard InChI is InChI=1S/C13H13N3/c1-16-8-6-11(7-9-16)10-15-13-4-2-12(14)3-5-13/h2-10,14H,1H3/p+1. The molecule has 0 fully saturated rings. The van der Waals surface area contributed by atoms with E-state index in [-0.39, 0.29) is 0 Å². The van der Waals surface area contributed by atoms with Crippen LogP contribution < -0.4 is 10.3 Å². The van der Waals surface area contributed by atoms with Gasteiger partial charge in [0.1, 0.15) is 7.05 Å². The molecule has 0 spiro atoms. The van der Waals surface area contributed by atoms with Crippen molar-refractivity contribution in [1.82, 2.24) is 0 Å². The minimum Gasteiger partial charge on any atom is -0.399 e. The maximum Gasteiger partial charge on any atom is 0.169 e. The fraction of sp³-hybridized carbons (Fsp3) is 0.0769. The number of benzene rings is 1. The summed E-state index contributed by atoms with van der Waals surface area (Å²) in [5.74, 6) is 0. The highest BCUT2D eigenvalue weighted by atomic mass is 14.9. The zero-order valence-corrected chi connectivity index (χ0v) is 9.17. The molecule has 0 atom stereocenters. The number of nitrogens with two attached hydrogens (primary N) is 1. The Hall–Kier alpha value is -2.16. The Labute approximate surface area is 94.9 Å². The van der Waals surface area contributed by atoms with E-state index in [1.165, 1.54) is 0 Å². The lowest BCUT2D eigenvalue weighted by atomic mass is 10.2. The zero-order chi connectivity index (χ0) is 11.4. The molecule has 0 bridgehead atoms. The molecule has 2 rings (SSSR count). The first-order valence-corrected chi connectivity index (χ1v) is 5.09. The minimum atomic E-state index is 0.755. The Morgan fingerprint density at radius 2 is 1.69 bits per heavy atom. The zero-order valence-electron chi connectivity index (χ0n) is 9.17. The van der Waals surface area contributed by atoms with E-state index < -0.39 is 0 Å². The van der Waals surface area contributed by atoms with E-state index in [9.17, 15) is 0 Å². The summed E-state index contributed by atoms with van der Waals surface area (Å²) in [5.41, 5.74) is 8.33. The van der Waals surface area contributed by atoms with Crippen molar-refractivity contribution in [2.24, 2.45) is 12.0 Å². The van der Waals surface area contributed by atoms with Crippen LogP contribution in [0.1, 0.15) is 5.56 Å². The van der Waals surface area contributed by atoms with E-state index in [1.54, 1.807) is 0 Å². The lowest BCUT2D eigenvalue weighted by Crippen LogP contribution is -2.25. The second-order valence-corrected chi connectivity index (χ2v) is 3.65. The lowest BCUT2D eigenvalue weighted by molar-refractivity contribution is -0.671. The number of aryl methyl sites for hydroxylation is 1. The molecule has 3 nitrogen and oxygen atoms in total. The molecule has 1 aromatic carbocycles. The number of rotatable bonds is 2. The molecule has 0 aliphatic heterocycles. The summed E-state index contributed by atoms with van der Waals surface area (Å²) in [5, 5.41) is 0. The number of anilines is 1. The van der Waals surface area contributed by atoms with Crippen molar-refractivity contribution >= 4 is 17.6 Å². The van der Waals surface area contributed by atoms with Crippen LogP contribution in [0.5, 0.6) is 0 Å². The highest BCUT2D eigenvalue weighted by molar-refractivity contribution is 5.81. The maximum absolute atomic E-state index is 5.60. The number of pyridine rings is 1. The van der Waals surface area contributed by atoms with Gasteiger partial charge in [-0.15, -0.1) is 0 Å². The van der Waals surface area contributed by atoms with Crippen molar-refractivity contribution in [1.29, 1.82) is 0 Å². The summed E-state index contributed by atoms with van der Waals surface area (Å²) in [7, 11) is 1.99. The average molecular weight is 212 g/mol. The lowest BCUT2D eigenvalue weighted by Gasteiger charge is -1.94. The first kappa shape index (κ1) is 10.4. The SMILES string of the molecule is C[n+]1ccc(C=Nc2ccc(N)cc2)cc1. The molecule has 0 aliphatic rings. The monoisotopic (exact) mass is 212 g/mol. The fourth-order valence-corrected chi connectivity index (χ4v) is 1.31. The highest BCUT2D eigenvalue weighted by Gasteiger charge is 1.92. The number of hydrogen-bond donors (Lipinski definition) is 1. The molecule has 0 saturated carbocycles. The van der Waals surface area contributed by atoms with Gasteiger partial charge in [0.2, 0.25) is 0 Å². The summed E-state index contributed by atoms with van der Waals surface area (Å²) in [6.45, 7) is 0. The van der Waals surface area contributed by atoms with E-state index in [0.717, 1.165) is 16.9 Å². The molecular formula is C13H14N3+. The Balaban J connectivity index is 2.15. The summed E-state index contributed by atoms with van der Waals surface area (Å²) in [6.07, 6.45) is 5.82. The van der Waals surface area contributed by atoms with Crippen LogP contribution in [0.2, 0.25) is 0 Å². The largest absolute Gasteiger partial charge is 0.399 e. The van der Waals surface area contributed by atoms with Gasteiger partial charge in [-0.2, -0.15) is 0 Å². The third-order valence-corrected chi connectivity index (χ3v) is 2.26. The van der Waals surface area contributed by atoms with Gasteiger partial charge in [0.25, 0.3) is 0 Å². The number of aliphatic imine (C=N–C) groups is 1. The van der Waals surface area contributed by atoms with Crippen molar-refractivity contribution in [3.05, 3.63) is 54.4 Å². The molecule has 1 aromatic heterocycles. The van der Waals surface area contributed by atoms with Gasteiger partial charge >= 0.3 is 0 Å². The summed E-state index contributed by atoms with van der Waals surface area (Å²) >= 11 is 0. The van der Waals surface area contributed by atoms with Crippen LogP contribution in [-0.2, 0) is 7.05 Å². The Bertz CT molecular complexity index is 436. The molecule has 0 radical (unpaired) electrons. The maximum atomic E-state index is 5.60. The van der Waals surface area contributed by atoms with Crippen LogP contribution in [0.4, 0.5) is 11.4 Å². The van der Waals surface area contributed by atoms with E-state index >= 15 is 0 Å². The molecule has 3 heteroatoms. The van der Waals surface area contributed by atoms with Crippen molar-refractivity contribution in [3.8, 4) is 0 Å². The van der Waals surface area contributed by atoms with Crippen LogP contribution in [0, 0.1) is 0 Å². The molecule has 0 unspecified atom stereocenters. The third-order valence-electron chi connectivity index (χ3n) is 2.26. The average Bonchev–Trinajstić information content (AvgIpc) is 2.30. The number of nitrogen functional groups attached to an aromatic ring is 1. The highest BCUT2D eigenvalue weighted by Crippen LogP contribution is 2.13. The Morgan fingerprint density at radius 3 is 2.31 bits per heavy atom. The molecule has 2 aromatic rings. The topological polar surface area (TPSA) is 42.3 Å². The summed E-state index contributed by atoms with van der Waals surface area (Å²) in [6, 6.07) is 11.5. The Morgan fingerprint density at radius 1 is 1.06 bits per heavy atom. The van der Waals surface area contributed by atoms with Crippen LogP contribution in [-0.4, -0.2) is 6.21 Å². The predicted molar refractivity (Wildman–Crippen MR) is 65.7 cm³/mol. The van der Waals surface area contributed by atoms with E-state index in [2.05, 4.69) is 4.99 Å². The van der Waals surface area contributed by atoms with Crippen molar-refractivity contribution in [2.75, 3.05) is 5.73 Å². The Kier molecular flexibility index (Phi) is 2.96. The summed E-state index contributed by atoms with van der Waals surface area (Å²) in [4.78, 5) is 4.36. The van der Waals surface area contributed by atoms with Crippen molar-refractivity contribution in [3.63, 3.8) is 0 Å². The molecule has 2 N–H and O–H groups in total. The second-order valence-electron chi connectivity index (χ2n) is 3.65. The molecule has 0 saturated heterocycles. The van der Waals surface area contributed by atoms with Crippen molar-refractivity contribution < 1.29 is 4.57 Å². The molecule has 16 heavy (non-hydrogen) atoms. The van der Waals surface area contributed by atoms with Gasteiger partial charge in [0.15, 0.2) is 12.4 Å². The van der Waals surface area contributed by atoms with Gasteiger partial charge in [0, 0.05) is 29.6 Å². The smallest absolute Gasteiger partial charge is 0.169 e. The van der Waals surface area contributed by atoms with Crippen molar-refractivity contribution in [2.45, 2.75) is 0 Å².